The van der Waals surface area contributed by atoms with Crippen LogP contribution >= 0.6 is 0 Å². The Kier molecular flexibility index (Phi) is 3.93. The van der Waals surface area contributed by atoms with Gasteiger partial charge >= 0.3 is 0 Å². The number of aromatic nitrogens is 2. The molecule has 0 aliphatic carbocycles. The van der Waals surface area contributed by atoms with Gasteiger partial charge in [0.2, 0.25) is 0 Å². The molecule has 0 saturated carbocycles. The van der Waals surface area contributed by atoms with Gasteiger partial charge in [0, 0.05) is 17.7 Å². The number of halogens is 1. The largest absolute Gasteiger partial charge is 0.507 e. The monoisotopic (exact) mass is 353 g/mol. The Labute approximate surface area is 148 Å². The fourth-order valence-corrected chi connectivity index (χ4v) is 3.41. The van der Waals surface area contributed by atoms with Crippen LogP contribution in [0.5, 0.6) is 5.75 Å². The average Bonchev–Trinajstić information content (AvgIpc) is 3.17. The van der Waals surface area contributed by atoms with E-state index in [1.807, 2.05) is 0 Å². The number of nitrogens with zero attached hydrogens (tertiary/aromatic N) is 2. The number of benzene rings is 2. The SMILES string of the molecule is O=C1c2[nH]nc(-c3ccccc3O)c2[C@H](c2ccc(F)cc2)N1CCO. The number of hydrogen-bond donors (Lipinski definition) is 3. The van der Waals surface area contributed by atoms with Crippen LogP contribution in [0.15, 0.2) is 48.5 Å². The molecule has 132 valence electrons. The highest BCUT2D eigenvalue weighted by molar-refractivity contribution is 6.00. The number of β-amino-alcohol motifs (C(OH)–C–C–N with tert-alkyl or cyclic N) is 1. The number of nitrogens with one attached hydrogen (secondary N) is 1. The Hall–Kier alpha value is -3.19. The van der Waals surface area contributed by atoms with Crippen molar-refractivity contribution in [1.29, 1.82) is 0 Å². The van der Waals surface area contributed by atoms with E-state index in [2.05, 4.69) is 10.2 Å². The molecule has 3 N–H and O–H groups in total. The second-order valence-corrected chi connectivity index (χ2v) is 6.05. The molecule has 1 aliphatic rings. The minimum atomic E-state index is -0.529. The molecule has 1 amide bonds. The molecular formula is C19H16FN3O3. The maximum Gasteiger partial charge on any atom is 0.273 e. The van der Waals surface area contributed by atoms with E-state index in [0.717, 1.165) is 0 Å². The van der Waals surface area contributed by atoms with Crippen molar-refractivity contribution >= 4 is 5.91 Å². The van der Waals surface area contributed by atoms with Crippen molar-refractivity contribution in [2.45, 2.75) is 6.04 Å². The maximum absolute atomic E-state index is 13.4. The molecule has 0 fully saturated rings. The van der Waals surface area contributed by atoms with Crippen molar-refractivity contribution in [3.8, 4) is 17.0 Å². The third kappa shape index (κ3) is 2.44. The zero-order valence-corrected chi connectivity index (χ0v) is 13.7. The highest BCUT2D eigenvalue weighted by Crippen LogP contribution is 2.44. The van der Waals surface area contributed by atoms with Crippen LogP contribution in [0, 0.1) is 5.82 Å². The normalized spacial score (nSPS) is 16.2. The lowest BCUT2D eigenvalue weighted by Crippen LogP contribution is -2.32. The van der Waals surface area contributed by atoms with Gasteiger partial charge in [-0.25, -0.2) is 4.39 Å². The first-order chi connectivity index (χ1) is 12.6. The molecular weight excluding hydrogens is 337 g/mol. The minimum absolute atomic E-state index is 0.0488. The number of aromatic amines is 1. The predicted molar refractivity (Wildman–Crippen MR) is 92.1 cm³/mol. The van der Waals surface area contributed by atoms with Crippen LogP contribution in [0.25, 0.3) is 11.3 Å². The van der Waals surface area contributed by atoms with E-state index in [9.17, 15) is 19.4 Å². The first kappa shape index (κ1) is 16.3. The Morgan fingerprint density at radius 2 is 1.88 bits per heavy atom. The van der Waals surface area contributed by atoms with Gasteiger partial charge in [-0.2, -0.15) is 5.10 Å². The van der Waals surface area contributed by atoms with E-state index in [4.69, 9.17) is 0 Å². The molecule has 26 heavy (non-hydrogen) atoms. The van der Waals surface area contributed by atoms with Crippen LogP contribution in [0.1, 0.15) is 27.7 Å². The zero-order chi connectivity index (χ0) is 18.3. The average molecular weight is 353 g/mol. The minimum Gasteiger partial charge on any atom is -0.507 e. The van der Waals surface area contributed by atoms with Crippen LogP contribution < -0.4 is 0 Å². The molecule has 1 aliphatic heterocycles. The number of hydrogen-bond acceptors (Lipinski definition) is 4. The van der Waals surface area contributed by atoms with Gasteiger partial charge in [-0.1, -0.05) is 24.3 Å². The number of aliphatic hydroxyl groups excluding tert-OH is 1. The summed E-state index contributed by atoms with van der Waals surface area (Å²) >= 11 is 0. The van der Waals surface area contributed by atoms with Gasteiger partial charge in [0.1, 0.15) is 23.0 Å². The molecule has 0 spiro atoms. The van der Waals surface area contributed by atoms with Gasteiger partial charge in [0.25, 0.3) is 5.91 Å². The van der Waals surface area contributed by atoms with E-state index >= 15 is 0 Å². The van der Waals surface area contributed by atoms with Crippen LogP contribution in [-0.4, -0.2) is 44.4 Å². The summed E-state index contributed by atoms with van der Waals surface area (Å²) < 4.78 is 13.4. The fourth-order valence-electron chi connectivity index (χ4n) is 3.41. The second-order valence-electron chi connectivity index (χ2n) is 6.05. The van der Waals surface area contributed by atoms with Crippen LogP contribution in [-0.2, 0) is 0 Å². The Balaban J connectivity index is 1.91. The van der Waals surface area contributed by atoms with E-state index < -0.39 is 6.04 Å². The number of H-pyrrole nitrogens is 1. The number of para-hydroxylation sites is 1. The quantitative estimate of drug-likeness (QED) is 0.672. The van der Waals surface area contributed by atoms with Crippen molar-refractivity contribution in [1.82, 2.24) is 15.1 Å². The van der Waals surface area contributed by atoms with Gasteiger partial charge < -0.3 is 15.1 Å². The van der Waals surface area contributed by atoms with Crippen molar-refractivity contribution in [3.63, 3.8) is 0 Å². The van der Waals surface area contributed by atoms with Crippen LogP contribution in [0.3, 0.4) is 0 Å². The lowest BCUT2D eigenvalue weighted by molar-refractivity contribution is 0.0706. The standard InChI is InChI=1S/C19H16FN3O3/c20-12-7-5-11(6-8-12)18-15-16(13-3-1-2-4-14(13)25)21-22-17(15)19(26)23(18)9-10-24/h1-8,18,24-25H,9-10H2,(H,21,22)/t18-/m0/s1. The smallest absolute Gasteiger partial charge is 0.273 e. The Morgan fingerprint density at radius 3 is 2.58 bits per heavy atom. The van der Waals surface area contributed by atoms with Crippen molar-refractivity contribution < 1.29 is 19.4 Å². The van der Waals surface area contributed by atoms with Gasteiger partial charge in [-0.3, -0.25) is 9.89 Å². The summed E-state index contributed by atoms with van der Waals surface area (Å²) in [6.07, 6.45) is 0. The molecule has 3 aromatic rings. The van der Waals surface area contributed by atoms with Gasteiger partial charge in [0.15, 0.2) is 0 Å². The molecule has 0 radical (unpaired) electrons. The second kappa shape index (κ2) is 6.27. The molecule has 0 bridgehead atoms. The first-order valence-electron chi connectivity index (χ1n) is 8.15. The zero-order valence-electron chi connectivity index (χ0n) is 13.7. The predicted octanol–water partition coefficient (Wildman–Crippen LogP) is 2.46. The summed E-state index contributed by atoms with van der Waals surface area (Å²) in [7, 11) is 0. The highest BCUT2D eigenvalue weighted by atomic mass is 19.1. The molecule has 1 atom stereocenters. The molecule has 7 heteroatoms. The summed E-state index contributed by atoms with van der Waals surface area (Å²) in [5, 5.41) is 26.6. The summed E-state index contributed by atoms with van der Waals surface area (Å²) in [5.41, 5.74) is 2.57. The molecule has 2 aromatic carbocycles. The van der Waals surface area contributed by atoms with Gasteiger partial charge in [0.05, 0.1) is 12.6 Å². The summed E-state index contributed by atoms with van der Waals surface area (Å²) in [5.74, 6) is -0.620. The number of fused-ring (bicyclic) bond motifs is 1. The van der Waals surface area contributed by atoms with E-state index in [0.29, 0.717) is 28.1 Å². The van der Waals surface area contributed by atoms with Gasteiger partial charge in [-0.05, 0) is 29.8 Å². The van der Waals surface area contributed by atoms with Crippen molar-refractivity contribution in [2.75, 3.05) is 13.2 Å². The molecule has 0 unspecified atom stereocenters. The van der Waals surface area contributed by atoms with E-state index in [-0.39, 0.29) is 30.6 Å². The molecule has 6 nitrogen and oxygen atoms in total. The number of carbonyl (C=O) groups excluding carboxylic acids is 1. The van der Waals surface area contributed by atoms with E-state index in [1.54, 1.807) is 36.4 Å². The number of aliphatic hydroxyl groups is 1. The topological polar surface area (TPSA) is 89.5 Å². The summed E-state index contributed by atoms with van der Waals surface area (Å²) in [6, 6.07) is 12.1. The number of amides is 1. The molecule has 0 saturated heterocycles. The number of aromatic hydroxyl groups is 1. The first-order valence-corrected chi connectivity index (χ1v) is 8.15. The molecule has 1 aromatic heterocycles. The van der Waals surface area contributed by atoms with Crippen molar-refractivity contribution in [2.24, 2.45) is 0 Å². The maximum atomic E-state index is 13.4. The lowest BCUT2D eigenvalue weighted by Gasteiger charge is -2.25. The fraction of sp³-hybridized carbons (Fsp3) is 0.158. The van der Waals surface area contributed by atoms with E-state index in [1.165, 1.54) is 17.0 Å². The molecule has 2 heterocycles. The third-order valence-corrected chi connectivity index (χ3v) is 4.55. The highest BCUT2D eigenvalue weighted by Gasteiger charge is 2.42. The lowest BCUT2D eigenvalue weighted by atomic mass is 9.96. The number of phenolic OH excluding ortho intramolecular Hbond substituents is 1. The number of rotatable bonds is 4. The van der Waals surface area contributed by atoms with Crippen molar-refractivity contribution in [3.05, 3.63) is 71.2 Å². The summed E-state index contributed by atoms with van der Waals surface area (Å²) in [4.78, 5) is 14.3. The molecule has 4 rings (SSSR count). The van der Waals surface area contributed by atoms with Crippen LogP contribution in [0.4, 0.5) is 4.39 Å². The van der Waals surface area contributed by atoms with Crippen LogP contribution in [0.2, 0.25) is 0 Å². The third-order valence-electron chi connectivity index (χ3n) is 4.55. The number of carbonyl (C=O) groups is 1. The Bertz CT molecular complexity index is 968. The van der Waals surface area contributed by atoms with Gasteiger partial charge in [-0.15, -0.1) is 0 Å². The summed E-state index contributed by atoms with van der Waals surface area (Å²) in [6.45, 7) is -0.0728. The Morgan fingerprint density at radius 1 is 1.15 bits per heavy atom. The number of phenols is 1.